The molecule has 1 aromatic rings. The molecule has 1 aliphatic rings. The maximum Gasteiger partial charge on any atom is 0.213 e. The molecule has 1 heterocycles. The second-order valence-electron chi connectivity index (χ2n) is 4.22. The molecule has 0 radical (unpaired) electrons. The van der Waals surface area contributed by atoms with Gasteiger partial charge >= 0.3 is 0 Å². The smallest absolute Gasteiger partial charge is 0.213 e. The van der Waals surface area contributed by atoms with Crippen molar-refractivity contribution in [2.24, 2.45) is 5.73 Å². The minimum absolute atomic E-state index is 0.146. The number of aromatic nitrogens is 1. The van der Waals surface area contributed by atoms with Gasteiger partial charge in [0, 0.05) is 17.8 Å². The molecule has 3 heteroatoms. The summed E-state index contributed by atoms with van der Waals surface area (Å²) in [5.41, 5.74) is 7.00. The third-order valence-corrected chi connectivity index (χ3v) is 2.89. The molecular weight excluding hydrogens is 188 g/mol. The molecule has 0 aromatic carbocycles. The summed E-state index contributed by atoms with van der Waals surface area (Å²) in [5, 5.41) is 0. The van der Waals surface area contributed by atoms with E-state index in [1.54, 1.807) is 0 Å². The summed E-state index contributed by atoms with van der Waals surface area (Å²) in [6.45, 7) is 1.97. The normalized spacial score (nSPS) is 26.3. The summed E-state index contributed by atoms with van der Waals surface area (Å²) in [5.74, 6) is 0.706. The van der Waals surface area contributed by atoms with Gasteiger partial charge in [-0.05, 0) is 32.3 Å². The first kappa shape index (κ1) is 10.4. The molecule has 0 bridgehead atoms. The van der Waals surface area contributed by atoms with E-state index in [0.717, 1.165) is 18.5 Å². The van der Waals surface area contributed by atoms with Gasteiger partial charge in [-0.15, -0.1) is 0 Å². The van der Waals surface area contributed by atoms with Gasteiger partial charge < -0.3 is 10.5 Å². The molecule has 0 aliphatic heterocycles. The number of nitrogens with zero attached hydrogens (tertiary/aromatic N) is 1. The van der Waals surface area contributed by atoms with Gasteiger partial charge in [0.1, 0.15) is 6.10 Å². The van der Waals surface area contributed by atoms with Crippen LogP contribution in [0.4, 0.5) is 0 Å². The molecule has 1 saturated carbocycles. The highest BCUT2D eigenvalue weighted by Gasteiger charge is 2.23. The molecule has 2 N–H and O–H groups in total. The zero-order chi connectivity index (χ0) is 10.7. The maximum atomic E-state index is 6.01. The van der Waals surface area contributed by atoms with Crippen molar-refractivity contribution in [3.63, 3.8) is 0 Å². The van der Waals surface area contributed by atoms with Crippen LogP contribution in [0, 0.1) is 6.92 Å². The third kappa shape index (κ3) is 2.69. The van der Waals surface area contributed by atoms with Crippen LogP contribution >= 0.6 is 0 Å². The van der Waals surface area contributed by atoms with Crippen molar-refractivity contribution in [3.05, 3.63) is 23.9 Å². The van der Waals surface area contributed by atoms with Crippen molar-refractivity contribution in [1.82, 2.24) is 4.98 Å². The Morgan fingerprint density at radius 2 is 2.13 bits per heavy atom. The van der Waals surface area contributed by atoms with Crippen LogP contribution in [-0.2, 0) is 0 Å². The van der Waals surface area contributed by atoms with Gasteiger partial charge in [-0.2, -0.15) is 0 Å². The fourth-order valence-corrected chi connectivity index (χ4v) is 2.01. The number of rotatable bonds is 2. The van der Waals surface area contributed by atoms with Crippen molar-refractivity contribution in [3.8, 4) is 5.88 Å². The minimum Gasteiger partial charge on any atom is -0.473 e. The second kappa shape index (κ2) is 4.62. The number of nitrogens with two attached hydrogens (primary N) is 1. The third-order valence-electron chi connectivity index (χ3n) is 2.89. The van der Waals surface area contributed by atoms with E-state index in [-0.39, 0.29) is 12.1 Å². The average molecular weight is 206 g/mol. The van der Waals surface area contributed by atoms with Crippen LogP contribution in [0.15, 0.2) is 18.2 Å². The fraction of sp³-hybridized carbons (Fsp3) is 0.583. The number of hydrogen-bond donors (Lipinski definition) is 1. The molecule has 0 spiro atoms. The predicted molar refractivity (Wildman–Crippen MR) is 59.8 cm³/mol. The molecule has 2 rings (SSSR count). The largest absolute Gasteiger partial charge is 0.473 e. The Labute approximate surface area is 90.7 Å². The highest BCUT2D eigenvalue weighted by Crippen LogP contribution is 2.21. The summed E-state index contributed by atoms with van der Waals surface area (Å²) in [7, 11) is 0. The first-order valence-corrected chi connectivity index (χ1v) is 5.61. The Morgan fingerprint density at radius 1 is 1.33 bits per heavy atom. The van der Waals surface area contributed by atoms with Gasteiger partial charge in [-0.3, -0.25) is 0 Å². The van der Waals surface area contributed by atoms with Crippen LogP contribution in [0.1, 0.15) is 31.4 Å². The lowest BCUT2D eigenvalue weighted by Crippen LogP contribution is -2.41. The average Bonchev–Trinajstić information content (AvgIpc) is 2.22. The lowest BCUT2D eigenvalue weighted by Gasteiger charge is -2.28. The van der Waals surface area contributed by atoms with Gasteiger partial charge in [0.25, 0.3) is 0 Å². The lowest BCUT2D eigenvalue weighted by molar-refractivity contribution is 0.126. The summed E-state index contributed by atoms with van der Waals surface area (Å²) in [4.78, 5) is 4.32. The van der Waals surface area contributed by atoms with Crippen LogP contribution in [0.25, 0.3) is 0 Å². The van der Waals surface area contributed by atoms with Gasteiger partial charge in [-0.1, -0.05) is 12.5 Å². The standard InChI is InChI=1S/C12H18N2O/c1-9-5-4-8-12(14-9)15-11-7-3-2-6-10(11)13/h4-5,8,10-11H,2-3,6-7,13H2,1H3/t10-,11-/m1/s1. The van der Waals surface area contributed by atoms with Crippen molar-refractivity contribution >= 4 is 0 Å². The summed E-state index contributed by atoms with van der Waals surface area (Å²) >= 11 is 0. The zero-order valence-electron chi connectivity index (χ0n) is 9.15. The Kier molecular flexibility index (Phi) is 3.21. The van der Waals surface area contributed by atoms with Crippen LogP contribution in [-0.4, -0.2) is 17.1 Å². The number of ether oxygens (including phenoxy) is 1. The number of pyridine rings is 1. The predicted octanol–water partition coefficient (Wildman–Crippen LogP) is 2.04. The van der Waals surface area contributed by atoms with Crippen LogP contribution in [0.3, 0.4) is 0 Å². The minimum atomic E-state index is 0.146. The van der Waals surface area contributed by atoms with E-state index in [1.165, 1.54) is 12.8 Å². The number of aryl methyl sites for hydroxylation is 1. The monoisotopic (exact) mass is 206 g/mol. The quantitative estimate of drug-likeness (QED) is 0.805. The van der Waals surface area contributed by atoms with E-state index < -0.39 is 0 Å². The van der Waals surface area contributed by atoms with Gasteiger partial charge in [0.15, 0.2) is 0 Å². The topological polar surface area (TPSA) is 48.1 Å². The lowest BCUT2D eigenvalue weighted by atomic mass is 9.93. The summed E-state index contributed by atoms with van der Waals surface area (Å²) < 4.78 is 5.81. The molecule has 15 heavy (non-hydrogen) atoms. The number of hydrogen-bond acceptors (Lipinski definition) is 3. The van der Waals surface area contributed by atoms with Crippen molar-refractivity contribution in [1.29, 1.82) is 0 Å². The fourth-order valence-electron chi connectivity index (χ4n) is 2.01. The van der Waals surface area contributed by atoms with E-state index in [4.69, 9.17) is 10.5 Å². The van der Waals surface area contributed by atoms with Gasteiger partial charge in [0.05, 0.1) is 0 Å². The van der Waals surface area contributed by atoms with Crippen LogP contribution < -0.4 is 10.5 Å². The van der Waals surface area contributed by atoms with Gasteiger partial charge in [-0.25, -0.2) is 4.98 Å². The van der Waals surface area contributed by atoms with Gasteiger partial charge in [0.2, 0.25) is 5.88 Å². The van der Waals surface area contributed by atoms with Crippen molar-refractivity contribution < 1.29 is 4.74 Å². The van der Waals surface area contributed by atoms with Crippen molar-refractivity contribution in [2.45, 2.75) is 44.8 Å². The first-order chi connectivity index (χ1) is 7.25. The maximum absolute atomic E-state index is 6.01. The SMILES string of the molecule is Cc1cccc(O[C@@H]2CCCC[C@H]2N)n1. The Morgan fingerprint density at radius 3 is 2.87 bits per heavy atom. The Hall–Kier alpha value is -1.09. The van der Waals surface area contributed by atoms with E-state index in [9.17, 15) is 0 Å². The molecule has 0 saturated heterocycles. The van der Waals surface area contributed by atoms with Crippen molar-refractivity contribution in [2.75, 3.05) is 0 Å². The molecule has 0 amide bonds. The molecule has 0 unspecified atom stereocenters. The summed E-state index contributed by atoms with van der Waals surface area (Å²) in [6.07, 6.45) is 4.70. The highest BCUT2D eigenvalue weighted by molar-refractivity contribution is 5.15. The molecule has 1 fully saturated rings. The molecule has 1 aromatic heterocycles. The van der Waals surface area contributed by atoms with E-state index in [1.807, 2.05) is 25.1 Å². The molecule has 2 atom stereocenters. The van der Waals surface area contributed by atoms with E-state index in [0.29, 0.717) is 5.88 Å². The molecular formula is C12H18N2O. The molecule has 82 valence electrons. The zero-order valence-corrected chi connectivity index (χ0v) is 9.15. The Balaban J connectivity index is 2.01. The second-order valence-corrected chi connectivity index (χ2v) is 4.22. The van der Waals surface area contributed by atoms with Crippen LogP contribution in [0.2, 0.25) is 0 Å². The molecule has 1 aliphatic carbocycles. The molecule has 3 nitrogen and oxygen atoms in total. The highest BCUT2D eigenvalue weighted by atomic mass is 16.5. The van der Waals surface area contributed by atoms with E-state index >= 15 is 0 Å². The summed E-state index contributed by atoms with van der Waals surface area (Å²) in [6, 6.07) is 6.00. The first-order valence-electron chi connectivity index (χ1n) is 5.61. The van der Waals surface area contributed by atoms with Crippen LogP contribution in [0.5, 0.6) is 5.88 Å². The van der Waals surface area contributed by atoms with E-state index in [2.05, 4.69) is 4.98 Å². The Bertz CT molecular complexity index is 327.